The Morgan fingerprint density at radius 2 is 1.70 bits per heavy atom. The molecule has 0 aliphatic heterocycles. The number of anilines is 2. The van der Waals surface area contributed by atoms with Gasteiger partial charge in [-0.25, -0.2) is 0 Å². The minimum Gasteiger partial charge on any atom is -0.397 e. The average molecular weight is 289 g/mol. The third-order valence-corrected chi connectivity index (χ3v) is 3.76. The molecule has 2 aromatic carbocycles. The molecule has 3 nitrogen and oxygen atoms in total. The van der Waals surface area contributed by atoms with Gasteiger partial charge >= 0.3 is 0 Å². The van der Waals surface area contributed by atoms with Gasteiger partial charge in [0, 0.05) is 10.6 Å². The SMILES string of the molecule is Cc1cc(N)c(NC(=O)c2ccc(Cl)c(C)c2)cc1C. The van der Waals surface area contributed by atoms with E-state index in [2.05, 4.69) is 5.32 Å². The summed E-state index contributed by atoms with van der Waals surface area (Å²) in [5, 5.41) is 3.48. The van der Waals surface area contributed by atoms with E-state index in [4.69, 9.17) is 17.3 Å². The van der Waals surface area contributed by atoms with Gasteiger partial charge in [0.2, 0.25) is 0 Å². The maximum Gasteiger partial charge on any atom is 0.255 e. The molecule has 0 unspecified atom stereocenters. The predicted molar refractivity (Wildman–Crippen MR) is 84.5 cm³/mol. The molecule has 2 rings (SSSR count). The van der Waals surface area contributed by atoms with Gasteiger partial charge in [-0.3, -0.25) is 4.79 Å². The molecule has 104 valence electrons. The van der Waals surface area contributed by atoms with Gasteiger partial charge in [0.1, 0.15) is 0 Å². The van der Waals surface area contributed by atoms with Gasteiger partial charge in [-0.05, 0) is 67.8 Å². The van der Waals surface area contributed by atoms with Crippen LogP contribution in [-0.2, 0) is 0 Å². The van der Waals surface area contributed by atoms with Crippen molar-refractivity contribution in [3.63, 3.8) is 0 Å². The van der Waals surface area contributed by atoms with Crippen LogP contribution in [0.1, 0.15) is 27.0 Å². The van der Waals surface area contributed by atoms with Crippen LogP contribution in [0.25, 0.3) is 0 Å². The number of nitrogen functional groups attached to an aromatic ring is 1. The number of aryl methyl sites for hydroxylation is 3. The van der Waals surface area contributed by atoms with Gasteiger partial charge in [-0.15, -0.1) is 0 Å². The predicted octanol–water partition coefficient (Wildman–Crippen LogP) is 4.10. The summed E-state index contributed by atoms with van der Waals surface area (Å²) in [5.74, 6) is -0.195. The number of hydrogen-bond acceptors (Lipinski definition) is 2. The molecule has 0 saturated carbocycles. The Labute approximate surface area is 123 Å². The molecule has 0 aliphatic rings. The fraction of sp³-hybridized carbons (Fsp3) is 0.188. The highest BCUT2D eigenvalue weighted by molar-refractivity contribution is 6.31. The summed E-state index contributed by atoms with van der Waals surface area (Å²) in [6.07, 6.45) is 0. The summed E-state index contributed by atoms with van der Waals surface area (Å²) in [7, 11) is 0. The second kappa shape index (κ2) is 5.55. The highest BCUT2D eigenvalue weighted by atomic mass is 35.5. The fourth-order valence-electron chi connectivity index (χ4n) is 1.93. The molecule has 0 spiro atoms. The van der Waals surface area contributed by atoms with Gasteiger partial charge in [0.15, 0.2) is 0 Å². The Morgan fingerprint density at radius 1 is 1.05 bits per heavy atom. The molecule has 4 heteroatoms. The van der Waals surface area contributed by atoms with Crippen molar-refractivity contribution in [3.05, 3.63) is 57.6 Å². The molecule has 2 aromatic rings. The lowest BCUT2D eigenvalue weighted by Gasteiger charge is -2.11. The Balaban J connectivity index is 2.27. The normalized spacial score (nSPS) is 10.4. The molecule has 0 bridgehead atoms. The number of amides is 1. The zero-order valence-electron chi connectivity index (χ0n) is 11.8. The zero-order valence-corrected chi connectivity index (χ0v) is 12.5. The summed E-state index contributed by atoms with van der Waals surface area (Å²) in [5.41, 5.74) is 10.7. The molecule has 0 heterocycles. The topological polar surface area (TPSA) is 55.1 Å². The van der Waals surface area contributed by atoms with Crippen molar-refractivity contribution in [2.24, 2.45) is 0 Å². The number of carbonyl (C=O) groups is 1. The number of halogens is 1. The standard InChI is InChI=1S/C16H17ClN2O/c1-9-7-14(18)15(8-10(9)2)19-16(20)12-4-5-13(17)11(3)6-12/h4-8H,18H2,1-3H3,(H,19,20). The van der Waals surface area contributed by atoms with Crippen LogP contribution in [0.5, 0.6) is 0 Å². The van der Waals surface area contributed by atoms with E-state index in [1.807, 2.05) is 32.9 Å². The van der Waals surface area contributed by atoms with Crippen molar-refractivity contribution < 1.29 is 4.79 Å². The summed E-state index contributed by atoms with van der Waals surface area (Å²) in [6, 6.07) is 8.91. The molecule has 0 atom stereocenters. The second-order valence-electron chi connectivity index (χ2n) is 4.94. The van der Waals surface area contributed by atoms with Crippen LogP contribution in [0.4, 0.5) is 11.4 Å². The summed E-state index contributed by atoms with van der Waals surface area (Å²) < 4.78 is 0. The number of benzene rings is 2. The van der Waals surface area contributed by atoms with Crippen molar-refractivity contribution in [2.75, 3.05) is 11.1 Å². The monoisotopic (exact) mass is 288 g/mol. The fourth-order valence-corrected chi connectivity index (χ4v) is 2.04. The maximum absolute atomic E-state index is 12.2. The summed E-state index contributed by atoms with van der Waals surface area (Å²) >= 11 is 5.96. The Bertz CT molecular complexity index is 680. The average Bonchev–Trinajstić information content (AvgIpc) is 2.39. The largest absolute Gasteiger partial charge is 0.397 e. The van der Waals surface area contributed by atoms with Crippen LogP contribution in [0.15, 0.2) is 30.3 Å². The molecule has 0 aliphatic carbocycles. The maximum atomic E-state index is 12.2. The molecular weight excluding hydrogens is 272 g/mol. The third kappa shape index (κ3) is 2.94. The third-order valence-electron chi connectivity index (χ3n) is 3.33. The first-order valence-electron chi connectivity index (χ1n) is 6.32. The quantitative estimate of drug-likeness (QED) is 0.818. The van der Waals surface area contributed by atoms with E-state index in [0.717, 1.165) is 16.7 Å². The highest BCUT2D eigenvalue weighted by Gasteiger charge is 2.10. The van der Waals surface area contributed by atoms with Crippen molar-refractivity contribution >= 4 is 28.9 Å². The van der Waals surface area contributed by atoms with Crippen LogP contribution >= 0.6 is 11.6 Å². The first-order valence-corrected chi connectivity index (χ1v) is 6.70. The number of rotatable bonds is 2. The van der Waals surface area contributed by atoms with Crippen LogP contribution in [0.2, 0.25) is 5.02 Å². The molecule has 0 radical (unpaired) electrons. The molecule has 20 heavy (non-hydrogen) atoms. The van der Waals surface area contributed by atoms with Gasteiger partial charge in [0.05, 0.1) is 11.4 Å². The van der Waals surface area contributed by atoms with Crippen LogP contribution < -0.4 is 11.1 Å². The van der Waals surface area contributed by atoms with Crippen LogP contribution in [0.3, 0.4) is 0 Å². The van der Waals surface area contributed by atoms with E-state index in [9.17, 15) is 4.79 Å². The Kier molecular flexibility index (Phi) is 4.00. The summed E-state index contributed by atoms with van der Waals surface area (Å²) in [4.78, 5) is 12.2. The van der Waals surface area contributed by atoms with E-state index in [1.165, 1.54) is 0 Å². The Morgan fingerprint density at radius 3 is 2.35 bits per heavy atom. The van der Waals surface area contributed by atoms with Gasteiger partial charge < -0.3 is 11.1 Å². The van der Waals surface area contributed by atoms with Crippen LogP contribution in [0, 0.1) is 20.8 Å². The van der Waals surface area contributed by atoms with Crippen molar-refractivity contribution in [1.82, 2.24) is 0 Å². The number of hydrogen-bond donors (Lipinski definition) is 2. The van der Waals surface area contributed by atoms with Crippen molar-refractivity contribution in [1.29, 1.82) is 0 Å². The van der Waals surface area contributed by atoms with Gasteiger partial charge in [-0.1, -0.05) is 11.6 Å². The first-order chi connectivity index (χ1) is 9.38. The highest BCUT2D eigenvalue weighted by Crippen LogP contribution is 2.24. The van der Waals surface area contributed by atoms with Crippen molar-refractivity contribution in [3.8, 4) is 0 Å². The number of nitrogens with one attached hydrogen (secondary N) is 1. The summed E-state index contributed by atoms with van der Waals surface area (Å²) in [6.45, 7) is 5.83. The molecule has 0 saturated heterocycles. The van der Waals surface area contributed by atoms with E-state index in [0.29, 0.717) is 22.0 Å². The smallest absolute Gasteiger partial charge is 0.255 e. The minimum absolute atomic E-state index is 0.195. The molecular formula is C16H17ClN2O. The molecule has 0 fully saturated rings. The molecule has 1 amide bonds. The van der Waals surface area contributed by atoms with Gasteiger partial charge in [-0.2, -0.15) is 0 Å². The first kappa shape index (κ1) is 14.4. The zero-order chi connectivity index (χ0) is 14.9. The van der Waals surface area contributed by atoms with E-state index >= 15 is 0 Å². The van der Waals surface area contributed by atoms with E-state index in [-0.39, 0.29) is 5.91 Å². The van der Waals surface area contributed by atoms with Gasteiger partial charge in [0.25, 0.3) is 5.91 Å². The second-order valence-corrected chi connectivity index (χ2v) is 5.35. The Hall–Kier alpha value is -2.00. The molecule has 3 N–H and O–H groups in total. The van der Waals surface area contributed by atoms with E-state index in [1.54, 1.807) is 18.2 Å². The van der Waals surface area contributed by atoms with Crippen molar-refractivity contribution in [2.45, 2.75) is 20.8 Å². The lowest BCUT2D eigenvalue weighted by atomic mass is 10.1. The number of nitrogens with two attached hydrogens (primary N) is 1. The number of carbonyl (C=O) groups excluding carboxylic acids is 1. The lowest BCUT2D eigenvalue weighted by Crippen LogP contribution is -2.13. The minimum atomic E-state index is -0.195. The lowest BCUT2D eigenvalue weighted by molar-refractivity contribution is 0.102. The van der Waals surface area contributed by atoms with Crippen LogP contribution in [-0.4, -0.2) is 5.91 Å². The van der Waals surface area contributed by atoms with E-state index < -0.39 is 0 Å². The molecule has 0 aromatic heterocycles.